The van der Waals surface area contributed by atoms with Gasteiger partial charge in [0.25, 0.3) is 5.69 Å². The van der Waals surface area contributed by atoms with E-state index in [0.717, 1.165) is 19.3 Å². The Balaban J connectivity index is 2.20. The van der Waals surface area contributed by atoms with Crippen LogP contribution in [0.3, 0.4) is 0 Å². The van der Waals surface area contributed by atoms with Crippen molar-refractivity contribution in [2.75, 3.05) is 11.9 Å². The lowest BCUT2D eigenvalue weighted by atomic mass is 9.99. The predicted octanol–water partition coefficient (Wildman–Crippen LogP) is 2.43. The van der Waals surface area contributed by atoms with Gasteiger partial charge in [0.2, 0.25) is 0 Å². The summed E-state index contributed by atoms with van der Waals surface area (Å²) in [5.41, 5.74) is 0.656. The zero-order valence-electron chi connectivity index (χ0n) is 11.1. The maximum absolute atomic E-state index is 11.1. The molecular formula is C14H17N3O3. The van der Waals surface area contributed by atoms with Gasteiger partial charge >= 0.3 is 0 Å². The van der Waals surface area contributed by atoms with Gasteiger partial charge in [-0.1, -0.05) is 6.42 Å². The second-order valence-electron chi connectivity index (χ2n) is 5.05. The molecule has 6 nitrogen and oxygen atoms in total. The maximum Gasteiger partial charge on any atom is 0.293 e. The van der Waals surface area contributed by atoms with Gasteiger partial charge in [-0.25, -0.2) is 0 Å². The number of nitrogens with zero attached hydrogens (tertiary/aromatic N) is 2. The number of benzene rings is 1. The van der Waals surface area contributed by atoms with Crippen LogP contribution in [0.25, 0.3) is 0 Å². The van der Waals surface area contributed by atoms with Crippen LogP contribution in [0, 0.1) is 27.4 Å². The quantitative estimate of drug-likeness (QED) is 0.635. The normalized spacial score (nSPS) is 21.4. The number of anilines is 1. The molecule has 0 spiro atoms. The largest absolute Gasteiger partial charge is 0.396 e. The van der Waals surface area contributed by atoms with Crippen LogP contribution in [0.2, 0.25) is 0 Å². The zero-order valence-corrected chi connectivity index (χ0v) is 11.1. The first-order valence-electron chi connectivity index (χ1n) is 6.71. The number of aliphatic hydroxyl groups excluding tert-OH is 1. The van der Waals surface area contributed by atoms with Crippen molar-refractivity contribution in [2.24, 2.45) is 5.92 Å². The Bertz CT molecular complexity index is 539. The van der Waals surface area contributed by atoms with Crippen molar-refractivity contribution >= 4 is 11.4 Å². The fraction of sp³-hybridized carbons (Fsp3) is 0.500. The molecule has 0 bridgehead atoms. The highest BCUT2D eigenvalue weighted by atomic mass is 16.6. The molecule has 1 saturated carbocycles. The van der Waals surface area contributed by atoms with Crippen LogP contribution in [-0.2, 0) is 0 Å². The lowest BCUT2D eigenvalue weighted by Crippen LogP contribution is -2.25. The molecule has 2 rings (SSSR count). The third kappa shape index (κ3) is 3.06. The highest BCUT2D eigenvalue weighted by Gasteiger charge is 2.28. The number of aliphatic hydroxyl groups is 1. The SMILES string of the molecule is N#Cc1ccc(NC2CCCC2CCO)c([N+](=O)[O-])c1. The maximum atomic E-state index is 11.1. The summed E-state index contributed by atoms with van der Waals surface area (Å²) in [5, 5.41) is 32.2. The summed E-state index contributed by atoms with van der Waals surface area (Å²) in [5.74, 6) is 0.343. The predicted molar refractivity (Wildman–Crippen MR) is 74.3 cm³/mol. The number of nitrogens with one attached hydrogen (secondary N) is 1. The molecule has 0 heterocycles. The number of hydrogen-bond acceptors (Lipinski definition) is 5. The zero-order chi connectivity index (χ0) is 14.5. The average Bonchev–Trinajstić information content (AvgIpc) is 2.87. The van der Waals surface area contributed by atoms with Crippen molar-refractivity contribution < 1.29 is 10.0 Å². The highest BCUT2D eigenvalue weighted by molar-refractivity contribution is 5.64. The Kier molecular flexibility index (Phi) is 4.53. The van der Waals surface area contributed by atoms with Gasteiger partial charge in [0.1, 0.15) is 5.69 Å². The summed E-state index contributed by atoms with van der Waals surface area (Å²) in [6, 6.07) is 6.51. The van der Waals surface area contributed by atoms with Gasteiger partial charge in [0, 0.05) is 18.7 Å². The Labute approximate surface area is 117 Å². The lowest BCUT2D eigenvalue weighted by molar-refractivity contribution is -0.384. The third-order valence-corrected chi connectivity index (χ3v) is 3.82. The van der Waals surface area contributed by atoms with E-state index in [4.69, 9.17) is 10.4 Å². The molecule has 1 aliphatic carbocycles. The Morgan fingerprint density at radius 2 is 2.30 bits per heavy atom. The van der Waals surface area contributed by atoms with Crippen LogP contribution in [0.5, 0.6) is 0 Å². The highest BCUT2D eigenvalue weighted by Crippen LogP contribution is 2.33. The first-order valence-corrected chi connectivity index (χ1v) is 6.71. The van der Waals surface area contributed by atoms with Gasteiger partial charge in [-0.2, -0.15) is 5.26 Å². The average molecular weight is 275 g/mol. The summed E-state index contributed by atoms with van der Waals surface area (Å²) in [7, 11) is 0. The van der Waals surface area contributed by atoms with Crippen LogP contribution in [0.15, 0.2) is 18.2 Å². The van der Waals surface area contributed by atoms with Gasteiger partial charge in [-0.3, -0.25) is 10.1 Å². The van der Waals surface area contributed by atoms with Gasteiger partial charge in [-0.15, -0.1) is 0 Å². The Morgan fingerprint density at radius 1 is 1.50 bits per heavy atom. The monoisotopic (exact) mass is 275 g/mol. The van der Waals surface area contributed by atoms with Gasteiger partial charge in [0.15, 0.2) is 0 Å². The van der Waals surface area contributed by atoms with E-state index in [2.05, 4.69) is 5.32 Å². The molecule has 0 aromatic heterocycles. The van der Waals surface area contributed by atoms with Crippen LogP contribution in [-0.4, -0.2) is 22.7 Å². The fourth-order valence-corrected chi connectivity index (χ4v) is 2.81. The number of nitro benzene ring substituents is 1. The van der Waals surface area contributed by atoms with Crippen molar-refractivity contribution in [2.45, 2.75) is 31.7 Å². The molecule has 20 heavy (non-hydrogen) atoms. The number of nitro groups is 1. The van der Waals surface area contributed by atoms with E-state index in [9.17, 15) is 10.1 Å². The van der Waals surface area contributed by atoms with Crippen molar-refractivity contribution in [1.29, 1.82) is 5.26 Å². The molecule has 2 N–H and O–H groups in total. The van der Waals surface area contributed by atoms with Crippen molar-refractivity contribution in [3.63, 3.8) is 0 Å². The first-order chi connectivity index (χ1) is 9.65. The van der Waals surface area contributed by atoms with Crippen LogP contribution in [0.1, 0.15) is 31.2 Å². The second-order valence-corrected chi connectivity index (χ2v) is 5.05. The molecule has 0 amide bonds. The summed E-state index contributed by atoms with van der Waals surface area (Å²) >= 11 is 0. The smallest absolute Gasteiger partial charge is 0.293 e. The van der Waals surface area contributed by atoms with E-state index in [1.165, 1.54) is 6.07 Å². The van der Waals surface area contributed by atoms with Crippen molar-refractivity contribution in [3.05, 3.63) is 33.9 Å². The van der Waals surface area contributed by atoms with Crippen LogP contribution >= 0.6 is 0 Å². The minimum absolute atomic E-state index is 0.0706. The van der Waals surface area contributed by atoms with Gasteiger partial charge in [0.05, 0.1) is 16.6 Å². The molecule has 6 heteroatoms. The standard InChI is InChI=1S/C14H17N3O3/c15-9-10-4-5-13(14(8-10)17(19)20)16-12-3-1-2-11(12)6-7-18/h4-5,8,11-12,16,18H,1-3,6-7H2. The molecule has 0 saturated heterocycles. The Morgan fingerprint density at radius 3 is 2.95 bits per heavy atom. The minimum atomic E-state index is -0.473. The Hall–Kier alpha value is -2.13. The molecule has 0 aliphatic heterocycles. The van der Waals surface area contributed by atoms with Crippen LogP contribution < -0.4 is 5.32 Å². The van der Waals surface area contributed by atoms with Crippen molar-refractivity contribution in [3.8, 4) is 6.07 Å². The molecule has 106 valence electrons. The van der Waals surface area contributed by atoms with E-state index < -0.39 is 4.92 Å². The second kappa shape index (κ2) is 6.35. The van der Waals surface area contributed by atoms with Crippen molar-refractivity contribution in [1.82, 2.24) is 0 Å². The molecule has 1 aromatic rings. The lowest BCUT2D eigenvalue weighted by Gasteiger charge is -2.21. The molecule has 1 aliphatic rings. The number of rotatable bonds is 5. The summed E-state index contributed by atoms with van der Waals surface area (Å²) in [6.45, 7) is 0.137. The van der Waals surface area contributed by atoms with E-state index in [0.29, 0.717) is 18.0 Å². The van der Waals surface area contributed by atoms with Gasteiger partial charge < -0.3 is 10.4 Å². The summed E-state index contributed by atoms with van der Waals surface area (Å²) < 4.78 is 0. The molecule has 1 fully saturated rings. The molecule has 1 aromatic carbocycles. The molecular weight excluding hydrogens is 258 g/mol. The summed E-state index contributed by atoms with van der Waals surface area (Å²) in [6.07, 6.45) is 3.75. The topological polar surface area (TPSA) is 99.2 Å². The minimum Gasteiger partial charge on any atom is -0.396 e. The number of nitriles is 1. The molecule has 2 unspecified atom stereocenters. The third-order valence-electron chi connectivity index (χ3n) is 3.82. The fourth-order valence-electron chi connectivity index (χ4n) is 2.81. The van der Waals surface area contributed by atoms with E-state index in [1.54, 1.807) is 12.1 Å². The van der Waals surface area contributed by atoms with E-state index in [-0.39, 0.29) is 23.9 Å². The first kappa shape index (κ1) is 14.3. The summed E-state index contributed by atoms with van der Waals surface area (Å²) in [4.78, 5) is 10.6. The molecule has 2 atom stereocenters. The van der Waals surface area contributed by atoms with E-state index >= 15 is 0 Å². The van der Waals surface area contributed by atoms with Gasteiger partial charge in [-0.05, 0) is 37.3 Å². The van der Waals surface area contributed by atoms with E-state index in [1.807, 2.05) is 6.07 Å². The van der Waals surface area contributed by atoms with Crippen LogP contribution in [0.4, 0.5) is 11.4 Å². The number of hydrogen-bond donors (Lipinski definition) is 2. The molecule has 0 radical (unpaired) electrons.